The Hall–Kier alpha value is -3.09. The van der Waals surface area contributed by atoms with Crippen LogP contribution in [-0.2, 0) is 6.42 Å². The van der Waals surface area contributed by atoms with Gasteiger partial charge in [-0.2, -0.15) is 5.10 Å². The van der Waals surface area contributed by atoms with Gasteiger partial charge in [-0.1, -0.05) is 17.7 Å². The second-order valence-electron chi connectivity index (χ2n) is 6.55. The predicted molar refractivity (Wildman–Crippen MR) is 103 cm³/mol. The third-order valence-electron chi connectivity index (χ3n) is 4.45. The van der Waals surface area contributed by atoms with Crippen molar-refractivity contribution < 1.29 is 9.21 Å². The van der Waals surface area contributed by atoms with Crippen LogP contribution in [0.1, 0.15) is 51.4 Å². The lowest BCUT2D eigenvalue weighted by atomic mass is 9.93. The molecule has 5 N–H and O–H groups in total. The topological polar surface area (TPSA) is 119 Å². The maximum Gasteiger partial charge on any atom is 0.291 e. The van der Waals surface area contributed by atoms with Crippen molar-refractivity contribution >= 4 is 23.3 Å². The minimum atomic E-state index is -0.273. The van der Waals surface area contributed by atoms with Gasteiger partial charge < -0.3 is 21.2 Å². The van der Waals surface area contributed by atoms with Gasteiger partial charge >= 0.3 is 0 Å². The standard InChI is InChI=1S/C19H23N5O2/c1-10-7-8-13(11(2)9-10)22-18(25)17-12(3)16-14(23-24-19(20)21)5-4-6-15(16)26-17/h7-9H,4-6H2,1-3H3,(H,22,25)(H4,20,21,24)/b23-14+. The van der Waals surface area contributed by atoms with Gasteiger partial charge in [-0.3, -0.25) is 4.79 Å². The molecule has 0 radical (unpaired) electrons. The number of fused-ring (bicyclic) bond motifs is 1. The number of nitrogens with zero attached hydrogens (tertiary/aromatic N) is 2. The van der Waals surface area contributed by atoms with Crippen molar-refractivity contribution in [2.45, 2.75) is 40.0 Å². The average Bonchev–Trinajstić information content (AvgIpc) is 2.93. The van der Waals surface area contributed by atoms with Gasteiger partial charge in [-0.25, -0.2) is 0 Å². The van der Waals surface area contributed by atoms with Gasteiger partial charge in [0.1, 0.15) is 5.76 Å². The zero-order valence-corrected chi connectivity index (χ0v) is 15.2. The van der Waals surface area contributed by atoms with Gasteiger partial charge in [0, 0.05) is 23.2 Å². The Bertz CT molecular complexity index is 920. The van der Waals surface area contributed by atoms with Crippen LogP contribution in [-0.4, -0.2) is 17.6 Å². The molecule has 26 heavy (non-hydrogen) atoms. The number of carbonyl (C=O) groups is 1. The van der Waals surface area contributed by atoms with Crippen LogP contribution in [0.15, 0.2) is 32.8 Å². The van der Waals surface area contributed by atoms with Crippen LogP contribution in [0.3, 0.4) is 0 Å². The Morgan fingerprint density at radius 1 is 1.19 bits per heavy atom. The molecule has 1 aromatic carbocycles. The number of hydrogen-bond donors (Lipinski definition) is 3. The highest BCUT2D eigenvalue weighted by Gasteiger charge is 2.28. The number of aryl methyl sites for hydroxylation is 3. The molecule has 0 saturated heterocycles. The van der Waals surface area contributed by atoms with Gasteiger partial charge in [0.25, 0.3) is 5.91 Å². The lowest BCUT2D eigenvalue weighted by Gasteiger charge is -2.11. The summed E-state index contributed by atoms with van der Waals surface area (Å²) < 4.78 is 5.87. The van der Waals surface area contributed by atoms with Crippen molar-refractivity contribution in [3.8, 4) is 0 Å². The summed E-state index contributed by atoms with van der Waals surface area (Å²) in [4.78, 5) is 12.8. The fourth-order valence-electron chi connectivity index (χ4n) is 3.24. The van der Waals surface area contributed by atoms with Crippen LogP contribution in [0, 0.1) is 20.8 Å². The smallest absolute Gasteiger partial charge is 0.291 e. The second-order valence-corrected chi connectivity index (χ2v) is 6.55. The number of benzene rings is 1. The third-order valence-corrected chi connectivity index (χ3v) is 4.45. The fourth-order valence-corrected chi connectivity index (χ4v) is 3.24. The number of carbonyl (C=O) groups excluding carboxylic acids is 1. The molecule has 7 nitrogen and oxygen atoms in total. The van der Waals surface area contributed by atoms with E-state index in [1.807, 2.05) is 39.0 Å². The summed E-state index contributed by atoms with van der Waals surface area (Å²) in [6.45, 7) is 5.83. The fraction of sp³-hybridized carbons (Fsp3) is 0.316. The summed E-state index contributed by atoms with van der Waals surface area (Å²) in [6.07, 6.45) is 2.37. The van der Waals surface area contributed by atoms with E-state index in [9.17, 15) is 4.79 Å². The molecule has 1 aliphatic carbocycles. The molecule has 1 aliphatic rings. The molecule has 0 atom stereocenters. The predicted octanol–water partition coefficient (Wildman–Crippen LogP) is 2.77. The molecule has 0 bridgehead atoms. The lowest BCUT2D eigenvalue weighted by Crippen LogP contribution is -2.22. The van der Waals surface area contributed by atoms with E-state index < -0.39 is 0 Å². The van der Waals surface area contributed by atoms with E-state index in [2.05, 4.69) is 15.5 Å². The Morgan fingerprint density at radius 3 is 2.65 bits per heavy atom. The van der Waals surface area contributed by atoms with Crippen molar-refractivity contribution in [2.24, 2.45) is 21.7 Å². The summed E-state index contributed by atoms with van der Waals surface area (Å²) in [6, 6.07) is 5.88. The average molecular weight is 353 g/mol. The minimum absolute atomic E-state index is 0.0985. The Labute approximate surface area is 152 Å². The maximum atomic E-state index is 12.8. The number of amides is 1. The first kappa shape index (κ1) is 17.7. The molecule has 1 heterocycles. The van der Waals surface area contributed by atoms with Crippen LogP contribution in [0.4, 0.5) is 5.69 Å². The van der Waals surface area contributed by atoms with E-state index >= 15 is 0 Å². The van der Waals surface area contributed by atoms with Crippen molar-refractivity contribution in [3.05, 3.63) is 52.0 Å². The first-order valence-corrected chi connectivity index (χ1v) is 8.53. The molecule has 1 amide bonds. The summed E-state index contributed by atoms with van der Waals surface area (Å²) in [5.41, 5.74) is 16.0. The molecule has 7 heteroatoms. The monoisotopic (exact) mass is 353 g/mol. The molecule has 0 unspecified atom stereocenters. The number of nitrogens with two attached hydrogens (primary N) is 2. The number of guanidine groups is 1. The van der Waals surface area contributed by atoms with Crippen LogP contribution < -0.4 is 16.8 Å². The largest absolute Gasteiger partial charge is 0.455 e. The normalized spacial score (nSPS) is 14.8. The van der Waals surface area contributed by atoms with Crippen molar-refractivity contribution in [1.29, 1.82) is 0 Å². The summed E-state index contributed by atoms with van der Waals surface area (Å²) in [5, 5.41) is 10.8. The number of nitrogens with one attached hydrogen (secondary N) is 1. The van der Waals surface area contributed by atoms with Gasteiger partial charge in [0.05, 0.1) is 5.71 Å². The molecule has 136 valence electrons. The first-order valence-electron chi connectivity index (χ1n) is 8.53. The van der Waals surface area contributed by atoms with Crippen molar-refractivity contribution in [3.63, 3.8) is 0 Å². The van der Waals surface area contributed by atoms with Gasteiger partial charge in [-0.15, -0.1) is 5.10 Å². The quantitative estimate of drug-likeness (QED) is 0.446. The Morgan fingerprint density at radius 2 is 1.96 bits per heavy atom. The SMILES string of the molecule is Cc1ccc(NC(=O)c2oc3c(c2C)/C(=N/N=C(N)N)CCC3)c(C)c1. The number of hydrogen-bond acceptors (Lipinski definition) is 4. The van der Waals surface area contributed by atoms with Gasteiger partial charge in [-0.05, 0) is 45.2 Å². The van der Waals surface area contributed by atoms with E-state index in [1.54, 1.807) is 0 Å². The van der Waals surface area contributed by atoms with Crippen LogP contribution in [0.2, 0.25) is 0 Å². The number of furan rings is 1. The molecular formula is C19H23N5O2. The molecule has 3 rings (SSSR count). The van der Waals surface area contributed by atoms with Crippen LogP contribution in [0.5, 0.6) is 0 Å². The molecule has 0 saturated carbocycles. The number of rotatable bonds is 3. The number of anilines is 1. The van der Waals surface area contributed by atoms with Crippen LogP contribution in [0.25, 0.3) is 0 Å². The summed E-state index contributed by atoms with van der Waals surface area (Å²) >= 11 is 0. The van der Waals surface area contributed by atoms with Gasteiger partial charge in [0.15, 0.2) is 5.76 Å². The maximum absolute atomic E-state index is 12.8. The van der Waals surface area contributed by atoms with Crippen molar-refractivity contribution in [2.75, 3.05) is 5.32 Å². The molecule has 1 aromatic heterocycles. The van der Waals surface area contributed by atoms with Crippen LogP contribution >= 0.6 is 0 Å². The van der Waals surface area contributed by atoms with E-state index in [-0.39, 0.29) is 11.9 Å². The van der Waals surface area contributed by atoms with Gasteiger partial charge in [0.2, 0.25) is 5.96 Å². The second kappa shape index (κ2) is 7.03. The first-order chi connectivity index (χ1) is 12.4. The van der Waals surface area contributed by atoms with E-state index in [0.717, 1.165) is 58.7 Å². The van der Waals surface area contributed by atoms with E-state index in [4.69, 9.17) is 15.9 Å². The third kappa shape index (κ3) is 3.46. The van der Waals surface area contributed by atoms with Crippen molar-refractivity contribution in [1.82, 2.24) is 0 Å². The molecule has 2 aromatic rings. The highest BCUT2D eigenvalue weighted by atomic mass is 16.4. The lowest BCUT2D eigenvalue weighted by molar-refractivity contribution is 0.0994. The highest BCUT2D eigenvalue weighted by Crippen LogP contribution is 2.30. The molecule has 0 aliphatic heterocycles. The summed E-state index contributed by atoms with van der Waals surface area (Å²) in [7, 11) is 0. The zero-order valence-electron chi connectivity index (χ0n) is 15.2. The van der Waals surface area contributed by atoms with E-state index in [1.165, 1.54) is 0 Å². The molecule has 0 fully saturated rings. The zero-order chi connectivity index (χ0) is 18.8. The minimum Gasteiger partial charge on any atom is -0.455 e. The summed E-state index contributed by atoms with van der Waals surface area (Å²) in [5.74, 6) is 0.682. The molecular weight excluding hydrogens is 330 g/mol. The Balaban J connectivity index is 1.93. The molecule has 0 spiro atoms. The highest BCUT2D eigenvalue weighted by molar-refractivity contribution is 6.09. The Kier molecular flexibility index (Phi) is 4.79. The van der Waals surface area contributed by atoms with E-state index in [0.29, 0.717) is 5.76 Å².